The SMILES string of the molecule is Cc1ccc(-c2nc3n(c2CNC(=O)c2ccc(S(=O)(=O)N4CCCCCC4)cc2)CCS3)cc1. The number of hydrogen-bond acceptors (Lipinski definition) is 5. The summed E-state index contributed by atoms with van der Waals surface area (Å²) in [6.07, 6.45) is 3.91. The van der Waals surface area contributed by atoms with E-state index in [4.69, 9.17) is 4.98 Å². The monoisotopic (exact) mass is 510 g/mol. The van der Waals surface area contributed by atoms with Crippen LogP contribution in [0.25, 0.3) is 11.3 Å². The summed E-state index contributed by atoms with van der Waals surface area (Å²) >= 11 is 1.73. The molecule has 0 bridgehead atoms. The highest BCUT2D eigenvalue weighted by Gasteiger charge is 2.26. The Morgan fingerprint density at radius 2 is 1.66 bits per heavy atom. The topological polar surface area (TPSA) is 84.3 Å². The Bertz CT molecular complexity index is 1310. The summed E-state index contributed by atoms with van der Waals surface area (Å²) in [6.45, 7) is 4.39. The molecule has 1 fully saturated rings. The molecule has 2 aliphatic rings. The van der Waals surface area contributed by atoms with Gasteiger partial charge in [-0.2, -0.15) is 4.31 Å². The lowest BCUT2D eigenvalue weighted by Crippen LogP contribution is -2.32. The van der Waals surface area contributed by atoms with Crippen molar-refractivity contribution >= 4 is 27.7 Å². The number of rotatable bonds is 6. The Hall–Kier alpha value is -2.62. The maximum absolute atomic E-state index is 13.0. The highest BCUT2D eigenvalue weighted by atomic mass is 32.2. The quantitative estimate of drug-likeness (QED) is 0.529. The van der Waals surface area contributed by atoms with Crippen molar-refractivity contribution in [2.75, 3.05) is 18.8 Å². The number of thioether (sulfide) groups is 1. The Balaban J connectivity index is 1.31. The van der Waals surface area contributed by atoms with Crippen LogP contribution in [0.15, 0.2) is 58.6 Å². The smallest absolute Gasteiger partial charge is 0.251 e. The van der Waals surface area contributed by atoms with Crippen LogP contribution in [0.1, 0.15) is 47.3 Å². The van der Waals surface area contributed by atoms with Crippen molar-refractivity contribution < 1.29 is 13.2 Å². The van der Waals surface area contributed by atoms with E-state index in [2.05, 4.69) is 41.1 Å². The lowest BCUT2D eigenvalue weighted by atomic mass is 10.1. The Kier molecular flexibility index (Phi) is 7.00. The number of nitrogens with zero attached hydrogens (tertiary/aromatic N) is 3. The van der Waals surface area contributed by atoms with E-state index in [-0.39, 0.29) is 10.8 Å². The summed E-state index contributed by atoms with van der Waals surface area (Å²) < 4.78 is 29.8. The highest BCUT2D eigenvalue weighted by molar-refractivity contribution is 7.99. The number of hydrogen-bond donors (Lipinski definition) is 1. The van der Waals surface area contributed by atoms with Crippen molar-refractivity contribution in [1.82, 2.24) is 19.2 Å². The third kappa shape index (κ3) is 5.03. The third-order valence-corrected chi connectivity index (χ3v) is 9.51. The highest BCUT2D eigenvalue weighted by Crippen LogP contribution is 2.33. The molecule has 1 amide bonds. The van der Waals surface area contributed by atoms with Crippen molar-refractivity contribution in [3.63, 3.8) is 0 Å². The first-order valence-electron chi connectivity index (χ1n) is 12.1. The molecule has 0 radical (unpaired) electrons. The largest absolute Gasteiger partial charge is 0.346 e. The van der Waals surface area contributed by atoms with E-state index >= 15 is 0 Å². The van der Waals surface area contributed by atoms with Gasteiger partial charge < -0.3 is 9.88 Å². The van der Waals surface area contributed by atoms with Gasteiger partial charge in [-0.3, -0.25) is 4.79 Å². The Labute approximate surface area is 211 Å². The van der Waals surface area contributed by atoms with E-state index in [1.54, 1.807) is 40.3 Å². The summed E-state index contributed by atoms with van der Waals surface area (Å²) in [6, 6.07) is 14.5. The van der Waals surface area contributed by atoms with Crippen molar-refractivity contribution in [3.05, 3.63) is 65.4 Å². The molecule has 3 heterocycles. The number of fused-ring (bicyclic) bond motifs is 1. The molecule has 0 atom stereocenters. The molecule has 1 N–H and O–H groups in total. The molecule has 0 spiro atoms. The number of aryl methyl sites for hydroxylation is 1. The molecule has 9 heteroatoms. The van der Waals surface area contributed by atoms with E-state index in [1.165, 1.54) is 5.56 Å². The Morgan fingerprint density at radius 1 is 0.971 bits per heavy atom. The number of imidazole rings is 1. The van der Waals surface area contributed by atoms with Gasteiger partial charge in [-0.25, -0.2) is 13.4 Å². The molecule has 1 aromatic heterocycles. The van der Waals surface area contributed by atoms with Crippen LogP contribution in [0.2, 0.25) is 0 Å². The number of nitrogens with one attached hydrogen (secondary N) is 1. The molecule has 2 aromatic carbocycles. The van der Waals surface area contributed by atoms with E-state index in [0.29, 0.717) is 25.2 Å². The summed E-state index contributed by atoms with van der Waals surface area (Å²) in [4.78, 5) is 18.0. The minimum absolute atomic E-state index is 0.236. The average molecular weight is 511 g/mol. The zero-order valence-electron chi connectivity index (χ0n) is 19.9. The van der Waals surface area contributed by atoms with E-state index in [1.807, 2.05) is 0 Å². The molecule has 35 heavy (non-hydrogen) atoms. The van der Waals surface area contributed by atoms with E-state index in [0.717, 1.165) is 60.1 Å². The van der Waals surface area contributed by atoms with Crippen LogP contribution >= 0.6 is 11.8 Å². The maximum Gasteiger partial charge on any atom is 0.251 e. The summed E-state index contributed by atoms with van der Waals surface area (Å²) in [5.41, 5.74) is 4.54. The molecular weight excluding hydrogens is 480 g/mol. The van der Waals surface area contributed by atoms with Crippen LogP contribution < -0.4 is 5.32 Å². The second-order valence-electron chi connectivity index (χ2n) is 9.08. The van der Waals surface area contributed by atoms with Crippen LogP contribution in [-0.4, -0.2) is 47.0 Å². The molecule has 184 valence electrons. The second kappa shape index (κ2) is 10.2. The molecule has 0 saturated carbocycles. The molecular formula is C26H30N4O3S2. The predicted octanol–water partition coefficient (Wildman–Crippen LogP) is 4.46. The molecule has 2 aliphatic heterocycles. The van der Waals surface area contributed by atoms with Gasteiger partial charge in [-0.15, -0.1) is 0 Å². The first-order valence-corrected chi connectivity index (χ1v) is 14.5. The lowest BCUT2D eigenvalue weighted by Gasteiger charge is -2.20. The third-order valence-electron chi connectivity index (χ3n) is 6.64. The Morgan fingerprint density at radius 3 is 2.34 bits per heavy atom. The van der Waals surface area contributed by atoms with Gasteiger partial charge in [-0.05, 0) is 44.0 Å². The number of carbonyl (C=O) groups is 1. The first-order chi connectivity index (χ1) is 16.9. The van der Waals surface area contributed by atoms with Crippen LogP contribution in [0, 0.1) is 6.92 Å². The summed E-state index contributed by atoms with van der Waals surface area (Å²) in [7, 11) is -3.53. The predicted molar refractivity (Wildman–Crippen MR) is 138 cm³/mol. The van der Waals surface area contributed by atoms with Crippen LogP contribution in [0.4, 0.5) is 0 Å². The number of sulfonamides is 1. The number of aromatic nitrogens is 2. The molecule has 1 saturated heterocycles. The van der Waals surface area contributed by atoms with E-state index < -0.39 is 10.0 Å². The van der Waals surface area contributed by atoms with Crippen molar-refractivity contribution in [2.45, 2.75) is 55.7 Å². The maximum atomic E-state index is 13.0. The van der Waals surface area contributed by atoms with Crippen LogP contribution in [0.5, 0.6) is 0 Å². The second-order valence-corrected chi connectivity index (χ2v) is 12.1. The minimum Gasteiger partial charge on any atom is -0.346 e. The summed E-state index contributed by atoms with van der Waals surface area (Å²) in [5.74, 6) is 0.740. The van der Waals surface area contributed by atoms with Crippen molar-refractivity contribution in [1.29, 1.82) is 0 Å². The molecule has 5 rings (SSSR count). The molecule has 7 nitrogen and oxygen atoms in total. The normalized spacial score (nSPS) is 16.6. The van der Waals surface area contributed by atoms with Crippen LogP contribution in [-0.2, 0) is 23.1 Å². The number of carbonyl (C=O) groups excluding carboxylic acids is 1. The lowest BCUT2D eigenvalue weighted by molar-refractivity contribution is 0.0950. The van der Waals surface area contributed by atoms with Gasteiger partial charge in [0.1, 0.15) is 0 Å². The zero-order valence-corrected chi connectivity index (χ0v) is 21.5. The van der Waals surface area contributed by atoms with Gasteiger partial charge in [0, 0.05) is 36.5 Å². The van der Waals surface area contributed by atoms with Crippen LogP contribution in [0.3, 0.4) is 0 Å². The van der Waals surface area contributed by atoms with Crippen molar-refractivity contribution in [2.24, 2.45) is 0 Å². The zero-order chi connectivity index (χ0) is 24.4. The van der Waals surface area contributed by atoms with Gasteiger partial charge in [-0.1, -0.05) is 54.4 Å². The van der Waals surface area contributed by atoms with Gasteiger partial charge >= 0.3 is 0 Å². The fraction of sp³-hybridized carbons (Fsp3) is 0.385. The molecule has 0 aliphatic carbocycles. The van der Waals surface area contributed by atoms with Gasteiger partial charge in [0.2, 0.25) is 10.0 Å². The molecule has 3 aromatic rings. The number of benzene rings is 2. The standard InChI is InChI=1S/C26H30N4O3S2/c1-19-6-8-20(9-7-19)24-23(30-16-17-34-26(30)28-24)18-27-25(31)21-10-12-22(13-11-21)35(32,33)29-14-4-2-3-5-15-29/h6-13H,2-5,14-18H2,1H3,(H,27,31). The first kappa shape index (κ1) is 24.1. The van der Waals surface area contributed by atoms with Gasteiger partial charge in [0.25, 0.3) is 5.91 Å². The molecule has 0 unspecified atom stereocenters. The summed E-state index contributed by atoms with van der Waals surface area (Å²) in [5, 5.41) is 3.99. The minimum atomic E-state index is -3.53. The van der Waals surface area contributed by atoms with Gasteiger partial charge in [0.05, 0.1) is 22.8 Å². The fourth-order valence-corrected chi connectivity index (χ4v) is 7.12. The van der Waals surface area contributed by atoms with Crippen molar-refractivity contribution in [3.8, 4) is 11.3 Å². The number of amides is 1. The van der Waals surface area contributed by atoms with E-state index in [9.17, 15) is 13.2 Å². The van der Waals surface area contributed by atoms with Gasteiger partial charge in [0.15, 0.2) is 5.16 Å². The average Bonchev–Trinajstić information content (AvgIpc) is 3.33. The fourth-order valence-electron chi connectivity index (χ4n) is 4.63.